The van der Waals surface area contributed by atoms with Crippen LogP contribution in [0.2, 0.25) is 0 Å². The molecule has 108 valence electrons. The Morgan fingerprint density at radius 2 is 2.25 bits per heavy atom. The van der Waals surface area contributed by atoms with Crippen molar-refractivity contribution in [3.05, 3.63) is 29.8 Å². The number of carbonyl (C=O) groups excluding carboxylic acids is 1. The maximum Gasteiger partial charge on any atom is 0.241 e. The number of benzene rings is 1. The molecular formula is C15H21N3O2. The molecule has 1 aromatic carbocycles. The van der Waals surface area contributed by atoms with Crippen LogP contribution in [0.25, 0.3) is 0 Å². The van der Waals surface area contributed by atoms with Crippen LogP contribution in [0.4, 0.5) is 5.69 Å². The Morgan fingerprint density at radius 1 is 1.40 bits per heavy atom. The van der Waals surface area contributed by atoms with Gasteiger partial charge in [0.2, 0.25) is 5.91 Å². The first-order valence-electron chi connectivity index (χ1n) is 7.22. The van der Waals surface area contributed by atoms with E-state index in [2.05, 4.69) is 16.3 Å². The van der Waals surface area contributed by atoms with E-state index in [0.717, 1.165) is 31.6 Å². The lowest BCUT2D eigenvalue weighted by atomic mass is 10.0. The number of rotatable bonds is 2. The fourth-order valence-corrected chi connectivity index (χ4v) is 3.02. The summed E-state index contributed by atoms with van der Waals surface area (Å²) in [6.07, 6.45) is 1.81. The van der Waals surface area contributed by atoms with Crippen molar-refractivity contribution in [2.24, 2.45) is 5.73 Å². The van der Waals surface area contributed by atoms with Gasteiger partial charge < -0.3 is 15.8 Å². The quantitative estimate of drug-likeness (QED) is 0.829. The summed E-state index contributed by atoms with van der Waals surface area (Å²) in [6, 6.07) is 7.95. The maximum atomic E-state index is 12.4. The molecule has 0 aliphatic carbocycles. The summed E-state index contributed by atoms with van der Waals surface area (Å²) >= 11 is 0. The van der Waals surface area contributed by atoms with Crippen molar-refractivity contribution in [2.45, 2.75) is 25.0 Å². The second-order valence-corrected chi connectivity index (χ2v) is 5.42. The first-order valence-corrected chi connectivity index (χ1v) is 7.22. The predicted molar refractivity (Wildman–Crippen MR) is 77.5 cm³/mol. The zero-order valence-corrected chi connectivity index (χ0v) is 11.5. The molecule has 2 unspecified atom stereocenters. The highest BCUT2D eigenvalue weighted by Crippen LogP contribution is 2.24. The third-order valence-corrected chi connectivity index (χ3v) is 4.14. The average Bonchev–Trinajstić information content (AvgIpc) is 2.65. The lowest BCUT2D eigenvalue weighted by molar-refractivity contribution is -0.124. The SMILES string of the molecule is NCC1CN(C2CCc3ccccc3NC2=O)CCO1. The van der Waals surface area contributed by atoms with Crippen LogP contribution < -0.4 is 11.1 Å². The zero-order valence-electron chi connectivity index (χ0n) is 11.5. The number of hydrogen-bond acceptors (Lipinski definition) is 4. The molecule has 0 aromatic heterocycles. The van der Waals surface area contributed by atoms with Crippen molar-refractivity contribution >= 4 is 11.6 Å². The van der Waals surface area contributed by atoms with Gasteiger partial charge in [0.25, 0.3) is 0 Å². The van der Waals surface area contributed by atoms with Crippen molar-refractivity contribution < 1.29 is 9.53 Å². The topological polar surface area (TPSA) is 67.6 Å². The van der Waals surface area contributed by atoms with Gasteiger partial charge in [-0.15, -0.1) is 0 Å². The molecule has 1 amide bonds. The number of nitrogens with two attached hydrogens (primary N) is 1. The third kappa shape index (κ3) is 2.70. The summed E-state index contributed by atoms with van der Waals surface area (Å²) < 4.78 is 5.58. The molecule has 1 aromatic rings. The predicted octanol–water partition coefficient (Wildman–Crippen LogP) is 0.599. The maximum absolute atomic E-state index is 12.4. The highest BCUT2D eigenvalue weighted by atomic mass is 16.5. The van der Waals surface area contributed by atoms with E-state index in [4.69, 9.17) is 10.5 Å². The molecule has 1 saturated heterocycles. The fraction of sp³-hybridized carbons (Fsp3) is 0.533. The molecule has 2 atom stereocenters. The van der Waals surface area contributed by atoms with Crippen LogP contribution in [0.1, 0.15) is 12.0 Å². The van der Waals surface area contributed by atoms with Crippen molar-refractivity contribution in [2.75, 3.05) is 31.6 Å². The van der Waals surface area contributed by atoms with Crippen LogP contribution in [0, 0.1) is 0 Å². The van der Waals surface area contributed by atoms with Gasteiger partial charge in [-0.1, -0.05) is 18.2 Å². The van der Waals surface area contributed by atoms with Gasteiger partial charge in [-0.2, -0.15) is 0 Å². The van der Waals surface area contributed by atoms with Crippen molar-refractivity contribution in [1.29, 1.82) is 0 Å². The normalized spacial score (nSPS) is 27.6. The van der Waals surface area contributed by atoms with E-state index in [1.807, 2.05) is 18.2 Å². The number of aryl methyl sites for hydroxylation is 1. The number of nitrogens with one attached hydrogen (secondary N) is 1. The first kappa shape index (κ1) is 13.5. The molecule has 5 heteroatoms. The first-order chi connectivity index (χ1) is 9.78. The number of nitrogens with zero attached hydrogens (tertiary/aromatic N) is 1. The molecule has 0 saturated carbocycles. The Bertz CT molecular complexity index is 492. The molecule has 0 bridgehead atoms. The van der Waals surface area contributed by atoms with Crippen LogP contribution in [0.5, 0.6) is 0 Å². The highest BCUT2D eigenvalue weighted by molar-refractivity contribution is 5.96. The zero-order chi connectivity index (χ0) is 13.9. The average molecular weight is 275 g/mol. The van der Waals surface area contributed by atoms with Crippen LogP contribution in [0.3, 0.4) is 0 Å². The Kier molecular flexibility index (Phi) is 4.00. The number of ether oxygens (including phenoxy) is 1. The molecule has 2 aliphatic rings. The highest BCUT2D eigenvalue weighted by Gasteiger charge is 2.32. The summed E-state index contributed by atoms with van der Waals surface area (Å²) in [5.74, 6) is 0.0904. The number of anilines is 1. The van der Waals surface area contributed by atoms with E-state index in [9.17, 15) is 4.79 Å². The fourth-order valence-electron chi connectivity index (χ4n) is 3.02. The molecule has 0 radical (unpaired) electrons. The number of hydrogen-bond donors (Lipinski definition) is 2. The van der Waals surface area contributed by atoms with Gasteiger partial charge in [0.15, 0.2) is 0 Å². The van der Waals surface area contributed by atoms with Crippen molar-refractivity contribution in [3.63, 3.8) is 0 Å². The summed E-state index contributed by atoms with van der Waals surface area (Å²) in [4.78, 5) is 14.7. The lowest BCUT2D eigenvalue weighted by Gasteiger charge is -2.36. The van der Waals surface area contributed by atoms with E-state index in [1.54, 1.807) is 0 Å². The van der Waals surface area contributed by atoms with Gasteiger partial charge in [0, 0.05) is 25.3 Å². The second-order valence-electron chi connectivity index (χ2n) is 5.42. The van der Waals surface area contributed by atoms with E-state index < -0.39 is 0 Å². The molecule has 0 spiro atoms. The number of amides is 1. The lowest BCUT2D eigenvalue weighted by Crippen LogP contribution is -2.53. The molecule has 3 rings (SSSR count). The smallest absolute Gasteiger partial charge is 0.241 e. The van der Waals surface area contributed by atoms with E-state index in [0.29, 0.717) is 13.2 Å². The minimum absolute atomic E-state index is 0.0437. The van der Waals surface area contributed by atoms with E-state index in [-0.39, 0.29) is 18.1 Å². The minimum Gasteiger partial charge on any atom is -0.374 e. The van der Waals surface area contributed by atoms with Crippen LogP contribution >= 0.6 is 0 Å². The van der Waals surface area contributed by atoms with Crippen LogP contribution in [-0.2, 0) is 16.0 Å². The number of para-hydroxylation sites is 1. The van der Waals surface area contributed by atoms with Gasteiger partial charge in [-0.05, 0) is 24.5 Å². The molecule has 1 fully saturated rings. The monoisotopic (exact) mass is 275 g/mol. The third-order valence-electron chi connectivity index (χ3n) is 4.14. The minimum atomic E-state index is -0.0830. The summed E-state index contributed by atoms with van der Waals surface area (Å²) in [5, 5.41) is 3.05. The second kappa shape index (κ2) is 5.91. The number of carbonyl (C=O) groups is 1. The molecule has 20 heavy (non-hydrogen) atoms. The van der Waals surface area contributed by atoms with Gasteiger partial charge in [0.1, 0.15) is 0 Å². The van der Waals surface area contributed by atoms with Crippen LogP contribution in [-0.4, -0.2) is 49.2 Å². The molecular weight excluding hydrogens is 254 g/mol. The molecule has 5 nitrogen and oxygen atoms in total. The molecule has 2 aliphatic heterocycles. The van der Waals surface area contributed by atoms with Gasteiger partial charge in [-0.25, -0.2) is 0 Å². The van der Waals surface area contributed by atoms with Gasteiger partial charge in [0.05, 0.1) is 18.8 Å². The largest absolute Gasteiger partial charge is 0.374 e. The van der Waals surface area contributed by atoms with E-state index in [1.165, 1.54) is 5.56 Å². The number of fused-ring (bicyclic) bond motifs is 1. The van der Waals surface area contributed by atoms with Gasteiger partial charge >= 0.3 is 0 Å². The summed E-state index contributed by atoms with van der Waals surface area (Å²) in [7, 11) is 0. The standard InChI is InChI=1S/C15H21N3O2/c16-9-12-10-18(7-8-20-12)14-6-5-11-3-1-2-4-13(11)17-15(14)19/h1-4,12,14H,5-10,16H2,(H,17,19). The van der Waals surface area contributed by atoms with Crippen molar-refractivity contribution in [1.82, 2.24) is 4.90 Å². The van der Waals surface area contributed by atoms with E-state index >= 15 is 0 Å². The number of morpholine rings is 1. The Morgan fingerprint density at radius 3 is 3.10 bits per heavy atom. The summed E-state index contributed by atoms with van der Waals surface area (Å²) in [6.45, 7) is 2.69. The Balaban J connectivity index is 1.74. The Labute approximate surface area is 119 Å². The van der Waals surface area contributed by atoms with Gasteiger partial charge in [-0.3, -0.25) is 9.69 Å². The Hall–Kier alpha value is -1.43. The summed E-state index contributed by atoms with van der Waals surface area (Å²) in [5.41, 5.74) is 7.84. The van der Waals surface area contributed by atoms with Crippen molar-refractivity contribution in [3.8, 4) is 0 Å². The van der Waals surface area contributed by atoms with Crippen LogP contribution in [0.15, 0.2) is 24.3 Å². The molecule has 2 heterocycles. The molecule has 3 N–H and O–H groups in total.